The van der Waals surface area contributed by atoms with Crippen LogP contribution in [0.4, 0.5) is 0 Å². The van der Waals surface area contributed by atoms with E-state index in [2.05, 4.69) is 55.6 Å². The van der Waals surface area contributed by atoms with Crippen LogP contribution in [0.2, 0.25) is 0 Å². The fourth-order valence-electron chi connectivity index (χ4n) is 13.3. The van der Waals surface area contributed by atoms with E-state index in [1.807, 2.05) is 0 Å². The molecule has 0 heterocycles. The first kappa shape index (κ1) is 89.1. The molecule has 0 rings (SSSR count). The molecule has 0 aromatic heterocycles. The number of allylic oxidation sites excluding steroid dienone is 6. The van der Waals surface area contributed by atoms with Crippen LogP contribution in [-0.2, 0) is 14.3 Å². The summed E-state index contributed by atoms with van der Waals surface area (Å²) in [5.74, 6) is -0.0183. The van der Waals surface area contributed by atoms with Gasteiger partial charge in [-0.05, 0) is 83.5 Å². The summed E-state index contributed by atoms with van der Waals surface area (Å²) in [6.07, 6.45) is 105. The lowest BCUT2D eigenvalue weighted by molar-refractivity contribution is -0.143. The molecule has 0 aliphatic rings. The third-order valence-electron chi connectivity index (χ3n) is 19.7. The molecule has 3 N–H and O–H groups in total. The van der Waals surface area contributed by atoms with E-state index in [0.29, 0.717) is 25.9 Å². The van der Waals surface area contributed by atoms with E-state index in [4.69, 9.17) is 4.74 Å². The molecule has 538 valence electrons. The molecule has 0 saturated heterocycles. The monoisotopic (exact) mass is 1280 g/mol. The number of aliphatic hydroxyl groups is 2. The minimum Gasteiger partial charge on any atom is -0.466 e. The third kappa shape index (κ3) is 77.0. The van der Waals surface area contributed by atoms with Crippen molar-refractivity contribution < 1.29 is 24.5 Å². The second-order valence-corrected chi connectivity index (χ2v) is 28.8. The van der Waals surface area contributed by atoms with Gasteiger partial charge in [0.2, 0.25) is 5.91 Å². The summed E-state index contributed by atoms with van der Waals surface area (Å²) in [4.78, 5) is 24.7. The van der Waals surface area contributed by atoms with Crippen molar-refractivity contribution in [1.82, 2.24) is 5.32 Å². The van der Waals surface area contributed by atoms with E-state index in [0.717, 1.165) is 51.4 Å². The summed E-state index contributed by atoms with van der Waals surface area (Å²) in [6, 6.07) is -0.540. The van der Waals surface area contributed by atoms with Gasteiger partial charge in [-0.3, -0.25) is 9.59 Å². The minimum atomic E-state index is -0.663. The van der Waals surface area contributed by atoms with Crippen molar-refractivity contribution in [2.45, 2.75) is 482 Å². The standard InChI is InChI=1S/C85H163NO5/c1-3-5-7-9-11-13-15-17-19-21-22-23-37-40-43-46-49-53-57-61-65-69-73-77-83(88)82(81-87)86-84(89)78-74-70-66-62-58-54-50-47-44-41-38-35-33-31-29-27-25-24-26-28-30-32-34-36-39-42-45-48-52-56-60-64-68-72-76-80-91-85(90)79-75-71-67-63-59-55-51-20-18-16-14-12-10-8-6-4-2/h14,16,20,26,28,51,82-83,87-88H,3-13,15,17-19,21-25,27,29-50,52-81H2,1-2H3,(H,86,89)/b16-14-,28-26-,51-20-. The highest BCUT2D eigenvalue weighted by Crippen LogP contribution is 2.20. The number of carbonyl (C=O) groups excluding carboxylic acids is 2. The van der Waals surface area contributed by atoms with Crippen LogP contribution in [0.3, 0.4) is 0 Å². The molecule has 2 atom stereocenters. The number of esters is 1. The number of hydrogen-bond donors (Lipinski definition) is 3. The van der Waals surface area contributed by atoms with Gasteiger partial charge in [-0.2, -0.15) is 0 Å². The molecule has 91 heavy (non-hydrogen) atoms. The molecule has 2 unspecified atom stereocenters. The molecular weight excluding hydrogens is 1110 g/mol. The zero-order chi connectivity index (χ0) is 65.6. The number of hydrogen-bond acceptors (Lipinski definition) is 5. The minimum absolute atomic E-state index is 0.00753. The first-order valence-corrected chi connectivity index (χ1v) is 41.7. The Balaban J connectivity index is 3.35. The van der Waals surface area contributed by atoms with Crippen LogP contribution in [0.5, 0.6) is 0 Å². The van der Waals surface area contributed by atoms with Crippen molar-refractivity contribution in [3.63, 3.8) is 0 Å². The van der Waals surface area contributed by atoms with E-state index < -0.39 is 12.1 Å². The molecule has 0 aliphatic carbocycles. The average molecular weight is 1280 g/mol. The molecule has 6 nitrogen and oxygen atoms in total. The maximum absolute atomic E-state index is 12.6. The number of ether oxygens (including phenoxy) is 1. The third-order valence-corrected chi connectivity index (χ3v) is 19.7. The summed E-state index contributed by atoms with van der Waals surface area (Å²) >= 11 is 0. The van der Waals surface area contributed by atoms with Crippen LogP contribution >= 0.6 is 0 Å². The summed E-state index contributed by atoms with van der Waals surface area (Å²) in [5, 5.41) is 23.5. The molecule has 0 aromatic carbocycles. The Morgan fingerprint density at radius 1 is 0.308 bits per heavy atom. The van der Waals surface area contributed by atoms with Gasteiger partial charge < -0.3 is 20.3 Å². The van der Waals surface area contributed by atoms with Gasteiger partial charge in [0.15, 0.2) is 0 Å². The number of aliphatic hydroxyl groups excluding tert-OH is 2. The maximum Gasteiger partial charge on any atom is 0.305 e. The molecular formula is C85H163NO5. The Hall–Kier alpha value is -1.92. The average Bonchev–Trinajstić information content (AvgIpc) is 3.75. The Bertz CT molecular complexity index is 1470. The molecule has 0 fully saturated rings. The topological polar surface area (TPSA) is 95.9 Å². The van der Waals surface area contributed by atoms with Gasteiger partial charge in [0.1, 0.15) is 0 Å². The lowest BCUT2D eigenvalue weighted by Gasteiger charge is -2.22. The predicted octanol–water partition coefficient (Wildman–Crippen LogP) is 27.8. The lowest BCUT2D eigenvalue weighted by Crippen LogP contribution is -2.45. The fraction of sp³-hybridized carbons (Fsp3) is 0.906. The number of unbranched alkanes of at least 4 members (excludes halogenated alkanes) is 62. The van der Waals surface area contributed by atoms with E-state index in [9.17, 15) is 19.8 Å². The fourth-order valence-corrected chi connectivity index (χ4v) is 13.3. The van der Waals surface area contributed by atoms with Crippen molar-refractivity contribution in [1.29, 1.82) is 0 Å². The van der Waals surface area contributed by atoms with Crippen LogP contribution in [-0.4, -0.2) is 47.4 Å². The van der Waals surface area contributed by atoms with Crippen molar-refractivity contribution in [3.05, 3.63) is 36.5 Å². The van der Waals surface area contributed by atoms with Crippen LogP contribution < -0.4 is 5.32 Å². The van der Waals surface area contributed by atoms with E-state index in [1.54, 1.807) is 0 Å². The molecule has 1 amide bonds. The highest BCUT2D eigenvalue weighted by molar-refractivity contribution is 5.76. The SMILES string of the molecule is CCCCCC/C=C\C/C=C\CCCCCCCC(=O)OCCCCCCCCCCCCCCCC/C=C\CCCCCCCCCCCCCCCCCCCC(=O)NC(CO)C(O)CCCCCCCCCCCCCCCCCCCCCCCCC. The van der Waals surface area contributed by atoms with Crippen molar-refractivity contribution >= 4 is 11.9 Å². The van der Waals surface area contributed by atoms with Crippen molar-refractivity contribution in [2.24, 2.45) is 0 Å². The Kier molecular flexibility index (Phi) is 78.8. The smallest absolute Gasteiger partial charge is 0.305 e. The van der Waals surface area contributed by atoms with E-state index in [-0.39, 0.29) is 18.5 Å². The van der Waals surface area contributed by atoms with Gasteiger partial charge in [0, 0.05) is 12.8 Å². The molecule has 0 aromatic rings. The number of carbonyl (C=O) groups is 2. The van der Waals surface area contributed by atoms with Gasteiger partial charge >= 0.3 is 5.97 Å². The molecule has 0 saturated carbocycles. The molecule has 0 aliphatic heterocycles. The summed E-state index contributed by atoms with van der Waals surface area (Å²) in [5.41, 5.74) is 0. The Labute approximate surface area is 570 Å². The lowest BCUT2D eigenvalue weighted by atomic mass is 10.0. The van der Waals surface area contributed by atoms with Crippen LogP contribution in [0, 0.1) is 0 Å². The van der Waals surface area contributed by atoms with Gasteiger partial charge in [0.05, 0.1) is 25.4 Å². The zero-order valence-electron chi connectivity index (χ0n) is 61.9. The summed E-state index contributed by atoms with van der Waals surface area (Å²) in [6.45, 7) is 4.98. The largest absolute Gasteiger partial charge is 0.466 e. The first-order valence-electron chi connectivity index (χ1n) is 41.7. The normalized spacial score (nSPS) is 12.6. The number of amides is 1. The Morgan fingerprint density at radius 3 is 0.857 bits per heavy atom. The van der Waals surface area contributed by atoms with E-state index in [1.165, 1.54) is 385 Å². The first-order chi connectivity index (χ1) is 45.0. The number of nitrogens with one attached hydrogen (secondary N) is 1. The molecule has 6 heteroatoms. The van der Waals surface area contributed by atoms with Gasteiger partial charge in [-0.25, -0.2) is 0 Å². The second kappa shape index (κ2) is 80.5. The van der Waals surface area contributed by atoms with Gasteiger partial charge in [-0.15, -0.1) is 0 Å². The molecule has 0 radical (unpaired) electrons. The summed E-state index contributed by atoms with van der Waals surface area (Å²) < 4.78 is 5.50. The quantitative estimate of drug-likeness (QED) is 0.0320. The zero-order valence-corrected chi connectivity index (χ0v) is 61.9. The number of rotatable bonds is 79. The summed E-state index contributed by atoms with van der Waals surface area (Å²) in [7, 11) is 0. The van der Waals surface area contributed by atoms with Crippen molar-refractivity contribution in [2.75, 3.05) is 13.2 Å². The van der Waals surface area contributed by atoms with Crippen LogP contribution in [0.15, 0.2) is 36.5 Å². The Morgan fingerprint density at radius 2 is 0.549 bits per heavy atom. The highest BCUT2D eigenvalue weighted by atomic mass is 16.5. The second-order valence-electron chi connectivity index (χ2n) is 28.8. The maximum atomic E-state index is 12.6. The molecule has 0 bridgehead atoms. The molecule has 0 spiro atoms. The predicted molar refractivity (Wildman–Crippen MR) is 403 cm³/mol. The van der Waals surface area contributed by atoms with E-state index >= 15 is 0 Å². The highest BCUT2D eigenvalue weighted by Gasteiger charge is 2.20. The van der Waals surface area contributed by atoms with Crippen molar-refractivity contribution in [3.8, 4) is 0 Å². The van der Waals surface area contributed by atoms with Gasteiger partial charge in [0.25, 0.3) is 0 Å². The van der Waals surface area contributed by atoms with Gasteiger partial charge in [-0.1, -0.05) is 410 Å². The van der Waals surface area contributed by atoms with Crippen LogP contribution in [0.25, 0.3) is 0 Å². The van der Waals surface area contributed by atoms with Crippen LogP contribution in [0.1, 0.15) is 470 Å².